The first-order valence-corrected chi connectivity index (χ1v) is 6.79. The predicted octanol–water partition coefficient (Wildman–Crippen LogP) is 0.680. The molecule has 0 spiro atoms. The van der Waals surface area contributed by atoms with Crippen molar-refractivity contribution in [3.63, 3.8) is 0 Å². The van der Waals surface area contributed by atoms with E-state index in [1.807, 2.05) is 25.1 Å². The summed E-state index contributed by atoms with van der Waals surface area (Å²) in [6.07, 6.45) is 3.68. The zero-order chi connectivity index (χ0) is 13.8. The second-order valence-corrected chi connectivity index (χ2v) is 5.07. The summed E-state index contributed by atoms with van der Waals surface area (Å²) in [7, 11) is 1.68. The number of carbonyl (C=O) groups excluding carboxylic acids is 1. The summed E-state index contributed by atoms with van der Waals surface area (Å²) in [6.45, 7) is 2.86. The molecule has 1 fully saturated rings. The second-order valence-electron chi connectivity index (χ2n) is 5.07. The van der Waals surface area contributed by atoms with Gasteiger partial charge in [-0.05, 0) is 38.4 Å². The fourth-order valence-corrected chi connectivity index (χ4v) is 2.86. The van der Waals surface area contributed by atoms with E-state index < -0.39 is 0 Å². The summed E-state index contributed by atoms with van der Waals surface area (Å²) in [5.74, 6) is 0.0686. The van der Waals surface area contributed by atoms with Crippen molar-refractivity contribution in [1.82, 2.24) is 15.2 Å². The van der Waals surface area contributed by atoms with Crippen LogP contribution in [-0.4, -0.2) is 41.5 Å². The van der Waals surface area contributed by atoms with Crippen LogP contribution in [-0.2, 0) is 4.79 Å². The van der Waals surface area contributed by atoms with Crippen molar-refractivity contribution in [2.45, 2.75) is 37.9 Å². The smallest absolute Gasteiger partial charge is 0.237 e. The lowest BCUT2D eigenvalue weighted by molar-refractivity contribution is -0.125. The zero-order valence-electron chi connectivity index (χ0n) is 11.5. The molecule has 19 heavy (non-hydrogen) atoms. The van der Waals surface area contributed by atoms with Crippen LogP contribution in [0.15, 0.2) is 24.4 Å². The summed E-state index contributed by atoms with van der Waals surface area (Å²) in [4.78, 5) is 18.6. The third-order valence-corrected chi connectivity index (χ3v) is 3.69. The summed E-state index contributed by atoms with van der Waals surface area (Å²) in [6, 6.07) is 5.66. The van der Waals surface area contributed by atoms with Gasteiger partial charge in [0.2, 0.25) is 5.91 Å². The summed E-state index contributed by atoms with van der Waals surface area (Å²) in [5.41, 5.74) is 7.08. The van der Waals surface area contributed by atoms with Crippen LogP contribution in [0, 0.1) is 0 Å². The number of nitrogens with one attached hydrogen (secondary N) is 1. The summed E-state index contributed by atoms with van der Waals surface area (Å²) < 4.78 is 0. The maximum atomic E-state index is 12.0. The molecule has 1 aliphatic heterocycles. The molecule has 0 radical (unpaired) electrons. The summed E-state index contributed by atoms with van der Waals surface area (Å²) >= 11 is 0. The van der Waals surface area contributed by atoms with Gasteiger partial charge in [-0.15, -0.1) is 0 Å². The normalized spacial score (nSPS) is 23.0. The third kappa shape index (κ3) is 2.93. The fourth-order valence-electron chi connectivity index (χ4n) is 2.86. The molecule has 1 saturated heterocycles. The third-order valence-electron chi connectivity index (χ3n) is 3.69. The van der Waals surface area contributed by atoms with E-state index in [9.17, 15) is 4.79 Å². The van der Waals surface area contributed by atoms with Crippen LogP contribution in [0.25, 0.3) is 0 Å². The van der Waals surface area contributed by atoms with E-state index in [4.69, 9.17) is 5.73 Å². The first-order chi connectivity index (χ1) is 9.15. The molecular weight excluding hydrogens is 240 g/mol. The number of amides is 1. The second kappa shape index (κ2) is 6.12. The molecule has 1 aromatic heterocycles. The molecule has 1 amide bonds. The highest BCUT2D eigenvalue weighted by Crippen LogP contribution is 2.30. The molecule has 3 N–H and O–H groups in total. The van der Waals surface area contributed by atoms with Gasteiger partial charge >= 0.3 is 0 Å². The van der Waals surface area contributed by atoms with Crippen LogP contribution in [0.1, 0.15) is 31.5 Å². The van der Waals surface area contributed by atoms with E-state index in [0.717, 1.165) is 25.1 Å². The Kier molecular flexibility index (Phi) is 4.50. The Hall–Kier alpha value is -1.46. The number of carbonyl (C=O) groups is 1. The van der Waals surface area contributed by atoms with Crippen LogP contribution in [0.4, 0.5) is 0 Å². The van der Waals surface area contributed by atoms with E-state index in [-0.39, 0.29) is 24.0 Å². The first kappa shape index (κ1) is 14.0. The minimum atomic E-state index is -0.0944. The standard InChI is InChI=1S/C14H22N4O/c1-10(15)13(11-6-3-4-8-17-11)18-9-5-7-12(18)14(19)16-2/h3-4,6,8,10,12-13H,5,7,9,15H2,1-2H3,(H,16,19). The number of nitrogens with zero attached hydrogens (tertiary/aromatic N) is 2. The Morgan fingerprint density at radius 2 is 2.37 bits per heavy atom. The Balaban J connectivity index is 2.27. The quantitative estimate of drug-likeness (QED) is 0.837. The monoisotopic (exact) mass is 262 g/mol. The maximum absolute atomic E-state index is 12.0. The highest BCUT2D eigenvalue weighted by Gasteiger charge is 2.37. The molecular formula is C14H22N4O. The number of pyridine rings is 1. The fraction of sp³-hybridized carbons (Fsp3) is 0.571. The van der Waals surface area contributed by atoms with Gasteiger partial charge in [-0.2, -0.15) is 0 Å². The zero-order valence-corrected chi connectivity index (χ0v) is 11.5. The number of aromatic nitrogens is 1. The SMILES string of the molecule is CNC(=O)C1CCCN1C(c1ccccn1)C(C)N. The molecule has 2 heterocycles. The van der Waals surface area contributed by atoms with Crippen molar-refractivity contribution < 1.29 is 4.79 Å². The molecule has 0 aromatic carbocycles. The van der Waals surface area contributed by atoms with Gasteiger partial charge in [0.1, 0.15) is 0 Å². The lowest BCUT2D eigenvalue weighted by atomic mass is 10.0. The number of likely N-dealkylation sites (N-methyl/N-ethyl adjacent to an activating group) is 1. The number of hydrogen-bond acceptors (Lipinski definition) is 4. The van der Waals surface area contributed by atoms with Crippen molar-refractivity contribution >= 4 is 5.91 Å². The van der Waals surface area contributed by atoms with Crippen LogP contribution >= 0.6 is 0 Å². The van der Waals surface area contributed by atoms with Crippen LogP contribution in [0.3, 0.4) is 0 Å². The van der Waals surface area contributed by atoms with Gasteiger partial charge < -0.3 is 11.1 Å². The van der Waals surface area contributed by atoms with Gasteiger partial charge in [0, 0.05) is 19.3 Å². The number of rotatable bonds is 4. The largest absolute Gasteiger partial charge is 0.358 e. The van der Waals surface area contributed by atoms with Gasteiger partial charge in [0.25, 0.3) is 0 Å². The molecule has 2 rings (SSSR count). The average molecular weight is 262 g/mol. The molecule has 5 nitrogen and oxygen atoms in total. The Morgan fingerprint density at radius 1 is 1.58 bits per heavy atom. The van der Waals surface area contributed by atoms with E-state index in [1.54, 1.807) is 13.2 Å². The van der Waals surface area contributed by atoms with Gasteiger partial charge in [-0.3, -0.25) is 14.7 Å². The lowest BCUT2D eigenvalue weighted by Crippen LogP contribution is -2.48. The van der Waals surface area contributed by atoms with Gasteiger partial charge in [-0.1, -0.05) is 6.07 Å². The van der Waals surface area contributed by atoms with E-state index in [1.165, 1.54) is 0 Å². The van der Waals surface area contributed by atoms with Crippen LogP contribution < -0.4 is 11.1 Å². The summed E-state index contributed by atoms with van der Waals surface area (Å²) in [5, 5.41) is 2.74. The van der Waals surface area contributed by atoms with E-state index >= 15 is 0 Å². The Labute approximate surface area is 114 Å². The van der Waals surface area contributed by atoms with Crippen LogP contribution in [0.5, 0.6) is 0 Å². The molecule has 5 heteroatoms. The van der Waals surface area contributed by atoms with Gasteiger partial charge in [0.15, 0.2) is 0 Å². The minimum absolute atomic E-state index is 0.00833. The molecule has 1 aliphatic rings. The van der Waals surface area contributed by atoms with Crippen molar-refractivity contribution in [3.05, 3.63) is 30.1 Å². The van der Waals surface area contributed by atoms with Gasteiger partial charge in [0.05, 0.1) is 17.8 Å². The topological polar surface area (TPSA) is 71.2 Å². The first-order valence-electron chi connectivity index (χ1n) is 6.79. The minimum Gasteiger partial charge on any atom is -0.358 e. The highest BCUT2D eigenvalue weighted by molar-refractivity contribution is 5.81. The molecule has 104 valence electrons. The Bertz CT molecular complexity index is 421. The lowest BCUT2D eigenvalue weighted by Gasteiger charge is -2.34. The van der Waals surface area contributed by atoms with E-state index in [2.05, 4.69) is 15.2 Å². The van der Waals surface area contributed by atoms with Crippen molar-refractivity contribution in [2.75, 3.05) is 13.6 Å². The average Bonchev–Trinajstić information content (AvgIpc) is 2.88. The molecule has 1 aromatic rings. The van der Waals surface area contributed by atoms with Crippen LogP contribution in [0.2, 0.25) is 0 Å². The van der Waals surface area contributed by atoms with E-state index in [0.29, 0.717) is 0 Å². The molecule has 0 saturated carbocycles. The number of nitrogens with two attached hydrogens (primary N) is 1. The predicted molar refractivity (Wildman–Crippen MR) is 74.4 cm³/mol. The van der Waals surface area contributed by atoms with Crippen molar-refractivity contribution in [2.24, 2.45) is 5.73 Å². The Morgan fingerprint density at radius 3 is 2.95 bits per heavy atom. The highest BCUT2D eigenvalue weighted by atomic mass is 16.2. The van der Waals surface area contributed by atoms with Crippen molar-refractivity contribution in [3.8, 4) is 0 Å². The molecule has 3 atom stereocenters. The molecule has 3 unspecified atom stereocenters. The molecule has 0 aliphatic carbocycles. The van der Waals surface area contributed by atoms with Gasteiger partial charge in [-0.25, -0.2) is 0 Å². The molecule has 0 bridgehead atoms. The maximum Gasteiger partial charge on any atom is 0.237 e. The number of likely N-dealkylation sites (tertiary alicyclic amines) is 1. The number of hydrogen-bond donors (Lipinski definition) is 2. The van der Waals surface area contributed by atoms with Crippen molar-refractivity contribution in [1.29, 1.82) is 0 Å².